The molecule has 1 heterocycles. The van der Waals surface area contributed by atoms with Crippen LogP contribution in [-0.2, 0) is 20.8 Å². The molecule has 2 N–H and O–H groups in total. The summed E-state index contributed by atoms with van der Waals surface area (Å²) in [5, 5.41) is 5.41. The van der Waals surface area contributed by atoms with E-state index >= 15 is 0 Å². The summed E-state index contributed by atoms with van der Waals surface area (Å²) in [5.74, 6) is -2.47. The highest BCUT2D eigenvalue weighted by molar-refractivity contribution is 6.06. The van der Waals surface area contributed by atoms with Crippen LogP contribution in [-0.4, -0.2) is 30.3 Å². The van der Waals surface area contributed by atoms with Crippen molar-refractivity contribution < 1.29 is 23.2 Å². The van der Waals surface area contributed by atoms with Gasteiger partial charge in [-0.2, -0.15) is 0 Å². The molecular weight excluding hydrogens is 476 g/mol. The molecule has 0 spiro atoms. The topological polar surface area (TPSA) is 78.5 Å². The van der Waals surface area contributed by atoms with Crippen LogP contribution < -0.4 is 15.5 Å². The Morgan fingerprint density at radius 3 is 2.32 bits per heavy atom. The van der Waals surface area contributed by atoms with Gasteiger partial charge in [-0.1, -0.05) is 42.5 Å². The Morgan fingerprint density at radius 1 is 0.973 bits per heavy atom. The van der Waals surface area contributed by atoms with Gasteiger partial charge in [0.1, 0.15) is 23.7 Å². The molecule has 1 aliphatic carbocycles. The van der Waals surface area contributed by atoms with Gasteiger partial charge in [-0.25, -0.2) is 8.78 Å². The second-order valence-corrected chi connectivity index (χ2v) is 9.68. The third kappa shape index (κ3) is 5.38. The predicted molar refractivity (Wildman–Crippen MR) is 136 cm³/mol. The average Bonchev–Trinajstić information content (AvgIpc) is 3.69. The zero-order valence-corrected chi connectivity index (χ0v) is 20.3. The van der Waals surface area contributed by atoms with Crippen molar-refractivity contribution in [2.45, 2.75) is 38.3 Å². The van der Waals surface area contributed by atoms with E-state index in [1.54, 1.807) is 4.90 Å². The van der Waals surface area contributed by atoms with E-state index in [-0.39, 0.29) is 17.9 Å². The fourth-order valence-electron chi connectivity index (χ4n) is 4.75. The predicted octanol–water partition coefficient (Wildman–Crippen LogP) is 4.29. The molecule has 3 aromatic carbocycles. The van der Waals surface area contributed by atoms with Crippen LogP contribution in [0.25, 0.3) is 11.1 Å². The number of carbonyl (C=O) groups excluding carboxylic acids is 3. The lowest BCUT2D eigenvalue weighted by atomic mass is 9.95. The normalized spacial score (nSPS) is 17.3. The minimum absolute atomic E-state index is 0.156. The molecule has 37 heavy (non-hydrogen) atoms. The summed E-state index contributed by atoms with van der Waals surface area (Å²) in [6, 6.07) is 16.2. The Bertz CT molecular complexity index is 1350. The van der Waals surface area contributed by atoms with Gasteiger partial charge in [0.25, 0.3) is 5.91 Å². The minimum atomic E-state index is -0.978. The molecule has 1 aliphatic heterocycles. The second kappa shape index (κ2) is 10.1. The van der Waals surface area contributed by atoms with Crippen molar-refractivity contribution in [3.8, 4) is 11.1 Å². The van der Waals surface area contributed by atoms with Crippen molar-refractivity contribution in [2.75, 3.05) is 11.4 Å². The molecule has 3 amide bonds. The zero-order chi connectivity index (χ0) is 26.1. The van der Waals surface area contributed by atoms with Gasteiger partial charge in [-0.05, 0) is 60.6 Å². The quantitative estimate of drug-likeness (QED) is 0.505. The number of halogens is 2. The van der Waals surface area contributed by atoms with Crippen molar-refractivity contribution >= 4 is 23.4 Å². The number of hydrogen-bond acceptors (Lipinski definition) is 3. The number of amides is 3. The molecule has 0 saturated heterocycles. The number of benzene rings is 3. The van der Waals surface area contributed by atoms with Crippen molar-refractivity contribution in [1.29, 1.82) is 0 Å². The number of rotatable bonds is 7. The number of nitrogens with one attached hydrogen (secondary N) is 2. The van der Waals surface area contributed by atoms with Crippen LogP contribution in [0.1, 0.15) is 36.9 Å². The molecule has 1 saturated carbocycles. The molecule has 0 radical (unpaired) electrons. The first-order valence-corrected chi connectivity index (χ1v) is 12.3. The highest BCUT2D eigenvalue weighted by Crippen LogP contribution is 2.42. The Hall–Kier alpha value is -4.07. The molecule has 8 heteroatoms. The first-order chi connectivity index (χ1) is 17.8. The second-order valence-electron chi connectivity index (χ2n) is 9.68. The van der Waals surface area contributed by atoms with E-state index in [0.29, 0.717) is 18.0 Å². The fourth-order valence-corrected chi connectivity index (χ4v) is 4.75. The van der Waals surface area contributed by atoms with Gasteiger partial charge >= 0.3 is 0 Å². The lowest BCUT2D eigenvalue weighted by Gasteiger charge is -2.27. The van der Waals surface area contributed by atoms with Gasteiger partial charge in [0.15, 0.2) is 0 Å². The Labute approximate surface area is 213 Å². The Kier molecular flexibility index (Phi) is 6.74. The third-order valence-corrected chi connectivity index (χ3v) is 6.75. The number of para-hydroxylation sites is 1. The maximum absolute atomic E-state index is 13.9. The molecule has 6 nitrogen and oxygen atoms in total. The van der Waals surface area contributed by atoms with E-state index in [9.17, 15) is 23.2 Å². The van der Waals surface area contributed by atoms with Gasteiger partial charge in [0, 0.05) is 18.2 Å². The summed E-state index contributed by atoms with van der Waals surface area (Å²) in [6.07, 6.45) is 1.84. The maximum Gasteiger partial charge on any atom is 0.254 e. The first kappa shape index (κ1) is 24.6. The molecule has 2 atom stereocenters. The van der Waals surface area contributed by atoms with Gasteiger partial charge in [-0.3, -0.25) is 14.4 Å². The van der Waals surface area contributed by atoms with E-state index in [4.69, 9.17) is 0 Å². The van der Waals surface area contributed by atoms with Crippen LogP contribution in [0.2, 0.25) is 0 Å². The van der Waals surface area contributed by atoms with E-state index in [1.165, 1.54) is 6.92 Å². The molecule has 0 bridgehead atoms. The van der Waals surface area contributed by atoms with Crippen molar-refractivity contribution in [2.24, 2.45) is 5.92 Å². The van der Waals surface area contributed by atoms with Gasteiger partial charge < -0.3 is 15.5 Å². The van der Waals surface area contributed by atoms with Crippen LogP contribution in [0.3, 0.4) is 0 Å². The van der Waals surface area contributed by atoms with Gasteiger partial charge in [0.05, 0.1) is 12.1 Å². The fraction of sp³-hybridized carbons (Fsp3) is 0.276. The summed E-state index contributed by atoms with van der Waals surface area (Å²) >= 11 is 0. The highest BCUT2D eigenvalue weighted by Gasteiger charge is 2.38. The van der Waals surface area contributed by atoms with Crippen LogP contribution in [0.4, 0.5) is 14.5 Å². The van der Waals surface area contributed by atoms with Crippen molar-refractivity contribution in [1.82, 2.24) is 10.6 Å². The van der Waals surface area contributed by atoms with E-state index in [2.05, 4.69) is 10.6 Å². The molecule has 2 aliphatic rings. The summed E-state index contributed by atoms with van der Waals surface area (Å²) in [4.78, 5) is 41.3. The maximum atomic E-state index is 13.9. The van der Waals surface area contributed by atoms with E-state index in [0.717, 1.165) is 47.9 Å². The third-order valence-electron chi connectivity index (χ3n) is 6.75. The molecule has 5 rings (SSSR count). The van der Waals surface area contributed by atoms with Crippen LogP contribution >= 0.6 is 0 Å². The number of hydrogen-bond donors (Lipinski definition) is 2. The lowest BCUT2D eigenvalue weighted by Crippen LogP contribution is -2.50. The monoisotopic (exact) mass is 503 g/mol. The van der Waals surface area contributed by atoms with Crippen LogP contribution in [0.5, 0.6) is 0 Å². The van der Waals surface area contributed by atoms with Crippen LogP contribution in [0, 0.1) is 17.6 Å². The Morgan fingerprint density at radius 2 is 1.62 bits per heavy atom. The summed E-state index contributed by atoms with van der Waals surface area (Å²) in [7, 11) is 0. The van der Waals surface area contributed by atoms with Crippen molar-refractivity contribution in [3.05, 3.63) is 89.5 Å². The molecule has 1 unspecified atom stereocenters. The van der Waals surface area contributed by atoms with Gasteiger partial charge in [-0.15, -0.1) is 0 Å². The first-order valence-electron chi connectivity index (χ1n) is 12.3. The minimum Gasteiger partial charge on any atom is -0.344 e. The van der Waals surface area contributed by atoms with E-state index < -0.39 is 35.5 Å². The Balaban J connectivity index is 1.36. The number of carbonyl (C=O) groups is 3. The van der Waals surface area contributed by atoms with Gasteiger partial charge in [0.2, 0.25) is 11.8 Å². The number of fused-ring (bicyclic) bond motifs is 3. The molecule has 190 valence electrons. The molecular formula is C29H27F2N3O3. The summed E-state index contributed by atoms with van der Waals surface area (Å²) in [6.45, 7) is 2.08. The lowest BCUT2D eigenvalue weighted by molar-refractivity contribution is -0.131. The zero-order valence-electron chi connectivity index (χ0n) is 20.3. The highest BCUT2D eigenvalue weighted by atomic mass is 19.1. The smallest absolute Gasteiger partial charge is 0.254 e. The van der Waals surface area contributed by atoms with Crippen molar-refractivity contribution in [3.63, 3.8) is 0 Å². The standard InChI is InChI=1S/C29H27F2N3O3/c1-17(32-26(35)14-19-12-20(30)15-21(31)13-19)28(36)33-27-24-8-3-2-6-22(24)23-7-4-5-9-25(23)34(29(27)37)16-18-10-11-18/h2-9,12-13,15,17-18,27H,10-11,14,16H2,1H3,(H,32,35)(H,33,36)/t17-,27?/m0/s1. The van der Waals surface area contributed by atoms with E-state index in [1.807, 2.05) is 48.5 Å². The number of anilines is 1. The average molecular weight is 504 g/mol. The molecule has 0 aromatic heterocycles. The molecule has 3 aromatic rings. The summed E-state index contributed by atoms with van der Waals surface area (Å²) < 4.78 is 26.9. The molecule has 1 fully saturated rings. The SMILES string of the molecule is C[C@H](NC(=O)Cc1cc(F)cc(F)c1)C(=O)NC1C(=O)N(CC2CC2)c2ccccc2-c2ccccc21. The largest absolute Gasteiger partial charge is 0.344 e. The number of nitrogens with zero attached hydrogens (tertiary/aromatic N) is 1. The summed E-state index contributed by atoms with van der Waals surface area (Å²) in [5.41, 5.74) is 3.43. The van der Waals surface area contributed by atoms with Crippen LogP contribution in [0.15, 0.2) is 66.7 Å².